The second-order valence-electron chi connectivity index (χ2n) is 6.05. The second kappa shape index (κ2) is 4.87. The van der Waals surface area contributed by atoms with Gasteiger partial charge in [-0.1, -0.05) is 12.1 Å². The number of hydrogen-bond acceptors (Lipinski definition) is 3. The third-order valence-corrected chi connectivity index (χ3v) is 3.80. The van der Waals surface area contributed by atoms with Crippen molar-refractivity contribution in [3.8, 4) is 5.75 Å². The zero-order chi connectivity index (χ0) is 14.2. The van der Waals surface area contributed by atoms with Crippen LogP contribution in [0.5, 0.6) is 5.75 Å². The van der Waals surface area contributed by atoms with Gasteiger partial charge in [-0.15, -0.1) is 0 Å². The first-order valence-corrected chi connectivity index (χ1v) is 6.75. The highest BCUT2D eigenvalue weighted by Crippen LogP contribution is 2.38. The van der Waals surface area contributed by atoms with E-state index in [0.717, 1.165) is 17.7 Å². The summed E-state index contributed by atoms with van der Waals surface area (Å²) < 4.78 is 11.2. The number of carbonyl (C=O) groups excluding carboxylic acids is 1. The molecule has 104 valence electrons. The molecule has 1 aliphatic heterocycles. The first-order chi connectivity index (χ1) is 8.80. The Morgan fingerprint density at radius 2 is 2.05 bits per heavy atom. The fourth-order valence-corrected chi connectivity index (χ4v) is 2.25. The Balaban J connectivity index is 1.97. The quantitative estimate of drug-likeness (QED) is 0.780. The maximum absolute atomic E-state index is 11.3. The first kappa shape index (κ1) is 13.9. The largest absolute Gasteiger partial charge is 0.490 e. The number of ether oxygens (including phenoxy) is 2. The minimum absolute atomic E-state index is 0.0258. The lowest BCUT2D eigenvalue weighted by molar-refractivity contribution is -0.203. The second-order valence-corrected chi connectivity index (χ2v) is 6.05. The molecule has 1 fully saturated rings. The van der Waals surface area contributed by atoms with Crippen molar-refractivity contribution in [3.63, 3.8) is 0 Å². The standard InChI is InChI=1S/C16H22O3/c1-10-6-7-11(2)13(8-10)18-12(3)9-14-16(4,5)15(17)19-14/h6-8,12,14H,9H2,1-5H3. The highest BCUT2D eigenvalue weighted by atomic mass is 16.6. The Kier molecular flexibility index (Phi) is 3.57. The van der Waals surface area contributed by atoms with Gasteiger partial charge in [-0.3, -0.25) is 4.79 Å². The van der Waals surface area contributed by atoms with E-state index in [9.17, 15) is 4.79 Å². The molecule has 0 aromatic heterocycles. The van der Waals surface area contributed by atoms with Crippen molar-refractivity contribution in [2.75, 3.05) is 0 Å². The minimum atomic E-state index is -0.376. The molecule has 2 unspecified atom stereocenters. The van der Waals surface area contributed by atoms with Crippen molar-refractivity contribution in [1.29, 1.82) is 0 Å². The molecule has 0 saturated carbocycles. The number of rotatable bonds is 4. The monoisotopic (exact) mass is 262 g/mol. The molecule has 0 aliphatic carbocycles. The predicted molar refractivity (Wildman–Crippen MR) is 74.3 cm³/mol. The van der Waals surface area contributed by atoms with Crippen LogP contribution in [0, 0.1) is 19.3 Å². The van der Waals surface area contributed by atoms with Crippen molar-refractivity contribution >= 4 is 5.97 Å². The van der Waals surface area contributed by atoms with Crippen LogP contribution in [0.2, 0.25) is 0 Å². The lowest BCUT2D eigenvalue weighted by Gasteiger charge is -2.42. The van der Waals surface area contributed by atoms with E-state index in [1.165, 1.54) is 5.56 Å². The number of carbonyl (C=O) groups is 1. The average Bonchev–Trinajstić information content (AvgIpc) is 2.33. The summed E-state index contributed by atoms with van der Waals surface area (Å²) in [7, 11) is 0. The van der Waals surface area contributed by atoms with Crippen molar-refractivity contribution in [2.24, 2.45) is 5.41 Å². The van der Waals surface area contributed by atoms with Crippen LogP contribution in [-0.2, 0) is 9.53 Å². The summed E-state index contributed by atoms with van der Waals surface area (Å²) in [5.41, 5.74) is 1.93. The SMILES string of the molecule is Cc1ccc(C)c(OC(C)CC2OC(=O)C2(C)C)c1. The Labute approximate surface area is 114 Å². The van der Waals surface area contributed by atoms with Gasteiger partial charge >= 0.3 is 5.97 Å². The van der Waals surface area contributed by atoms with Gasteiger partial charge in [0.15, 0.2) is 0 Å². The number of esters is 1. The van der Waals surface area contributed by atoms with Crippen LogP contribution in [0.15, 0.2) is 18.2 Å². The molecule has 0 radical (unpaired) electrons. The third-order valence-electron chi connectivity index (χ3n) is 3.80. The average molecular weight is 262 g/mol. The van der Waals surface area contributed by atoms with E-state index in [1.807, 2.05) is 40.7 Å². The minimum Gasteiger partial charge on any atom is -0.490 e. The fourth-order valence-electron chi connectivity index (χ4n) is 2.25. The molecule has 3 nitrogen and oxygen atoms in total. The predicted octanol–water partition coefficient (Wildman–Crippen LogP) is 3.41. The smallest absolute Gasteiger partial charge is 0.315 e. The summed E-state index contributed by atoms with van der Waals surface area (Å²) in [4.78, 5) is 11.3. The topological polar surface area (TPSA) is 35.5 Å². The number of aryl methyl sites for hydroxylation is 2. The van der Waals surface area contributed by atoms with Crippen LogP contribution in [0.4, 0.5) is 0 Å². The van der Waals surface area contributed by atoms with Gasteiger partial charge in [0.05, 0.1) is 11.5 Å². The van der Waals surface area contributed by atoms with Gasteiger partial charge in [0, 0.05) is 6.42 Å². The van der Waals surface area contributed by atoms with Crippen molar-refractivity contribution < 1.29 is 14.3 Å². The molecule has 1 saturated heterocycles. The lowest BCUT2D eigenvalue weighted by Crippen LogP contribution is -2.54. The maximum Gasteiger partial charge on any atom is 0.315 e. The molecule has 0 N–H and O–H groups in total. The molecule has 3 heteroatoms. The summed E-state index contributed by atoms with van der Waals surface area (Å²) in [6, 6.07) is 6.18. The molecular formula is C16H22O3. The lowest BCUT2D eigenvalue weighted by atomic mass is 9.79. The van der Waals surface area contributed by atoms with E-state index in [2.05, 4.69) is 12.1 Å². The third kappa shape index (κ3) is 2.75. The van der Waals surface area contributed by atoms with Crippen LogP contribution >= 0.6 is 0 Å². The molecule has 1 aliphatic rings. The number of benzene rings is 1. The van der Waals surface area contributed by atoms with Crippen LogP contribution in [0.25, 0.3) is 0 Å². The summed E-state index contributed by atoms with van der Waals surface area (Å²) in [6.07, 6.45) is 0.713. The number of hydrogen-bond donors (Lipinski definition) is 0. The normalized spacial score (nSPS) is 22.4. The van der Waals surface area contributed by atoms with E-state index in [0.29, 0.717) is 0 Å². The molecule has 1 aromatic rings. The molecule has 2 atom stereocenters. The summed E-state index contributed by atoms with van der Waals surface area (Å²) >= 11 is 0. The molecule has 0 bridgehead atoms. The summed E-state index contributed by atoms with van der Waals surface area (Å²) in [6.45, 7) is 9.95. The van der Waals surface area contributed by atoms with Crippen LogP contribution in [0.3, 0.4) is 0 Å². The van der Waals surface area contributed by atoms with Gasteiger partial charge in [0.25, 0.3) is 0 Å². The van der Waals surface area contributed by atoms with E-state index in [4.69, 9.17) is 9.47 Å². The van der Waals surface area contributed by atoms with Crippen LogP contribution in [-0.4, -0.2) is 18.2 Å². The summed E-state index contributed by atoms with van der Waals surface area (Å²) in [5, 5.41) is 0. The molecule has 19 heavy (non-hydrogen) atoms. The van der Waals surface area contributed by atoms with Crippen LogP contribution < -0.4 is 4.74 Å². The van der Waals surface area contributed by atoms with Gasteiger partial charge < -0.3 is 9.47 Å². The van der Waals surface area contributed by atoms with Gasteiger partial charge in [-0.2, -0.15) is 0 Å². The Hall–Kier alpha value is -1.51. The van der Waals surface area contributed by atoms with E-state index < -0.39 is 0 Å². The Morgan fingerprint density at radius 3 is 2.63 bits per heavy atom. The zero-order valence-corrected chi connectivity index (χ0v) is 12.3. The Morgan fingerprint density at radius 1 is 1.37 bits per heavy atom. The van der Waals surface area contributed by atoms with Gasteiger partial charge in [0.1, 0.15) is 11.9 Å². The van der Waals surface area contributed by atoms with Crippen molar-refractivity contribution in [1.82, 2.24) is 0 Å². The first-order valence-electron chi connectivity index (χ1n) is 6.75. The van der Waals surface area contributed by atoms with Gasteiger partial charge in [-0.05, 0) is 51.8 Å². The van der Waals surface area contributed by atoms with Gasteiger partial charge in [0.2, 0.25) is 0 Å². The highest BCUT2D eigenvalue weighted by Gasteiger charge is 2.50. The Bertz CT molecular complexity index is 491. The van der Waals surface area contributed by atoms with Crippen LogP contribution in [0.1, 0.15) is 38.3 Å². The molecule has 2 rings (SSSR count). The zero-order valence-electron chi connectivity index (χ0n) is 12.3. The molecule has 1 aromatic carbocycles. The van der Waals surface area contributed by atoms with Gasteiger partial charge in [-0.25, -0.2) is 0 Å². The van der Waals surface area contributed by atoms with E-state index in [1.54, 1.807) is 0 Å². The molecule has 0 spiro atoms. The maximum atomic E-state index is 11.3. The van der Waals surface area contributed by atoms with E-state index >= 15 is 0 Å². The summed E-state index contributed by atoms with van der Waals surface area (Å²) in [5.74, 6) is 0.799. The van der Waals surface area contributed by atoms with E-state index in [-0.39, 0.29) is 23.6 Å². The van der Waals surface area contributed by atoms with Crippen molar-refractivity contribution in [3.05, 3.63) is 29.3 Å². The fraction of sp³-hybridized carbons (Fsp3) is 0.562. The molecule has 0 amide bonds. The highest BCUT2D eigenvalue weighted by molar-refractivity contribution is 5.82. The number of cyclic esters (lactones) is 1. The molecule has 1 heterocycles. The van der Waals surface area contributed by atoms with Crippen molar-refractivity contribution in [2.45, 2.75) is 53.2 Å². The molecular weight excluding hydrogens is 240 g/mol.